The summed E-state index contributed by atoms with van der Waals surface area (Å²) in [4.78, 5) is 10.4. The van der Waals surface area contributed by atoms with Crippen LogP contribution in [-0.2, 0) is 16.1 Å². The molecule has 0 aliphatic rings. The number of carboxylic acid groups (broad SMARTS) is 1. The Morgan fingerprint density at radius 3 is 2.89 bits per heavy atom. The van der Waals surface area contributed by atoms with Crippen LogP contribution >= 0.6 is 0 Å². The van der Waals surface area contributed by atoms with Gasteiger partial charge in [-0.25, -0.2) is 4.79 Å². The molecule has 0 saturated carbocycles. The maximum absolute atomic E-state index is 10.4. The number of benzene rings is 1. The Hall–Kier alpha value is -1.61. The maximum Gasteiger partial charge on any atom is 0.328 e. The Bertz CT molecular complexity index is 422. The summed E-state index contributed by atoms with van der Waals surface area (Å²) in [5, 5.41) is 8.58. The minimum atomic E-state index is -0.935. The zero-order chi connectivity index (χ0) is 14.1. The van der Waals surface area contributed by atoms with Crippen LogP contribution in [0.2, 0.25) is 0 Å². The first-order valence-electron chi connectivity index (χ1n) is 6.65. The average molecular weight is 262 g/mol. The van der Waals surface area contributed by atoms with Gasteiger partial charge in [-0.05, 0) is 42.0 Å². The number of carboxylic acids is 1. The SMILES string of the molecule is CC(C)CCCOCc1cccc(C=CC(=O)O)c1. The predicted molar refractivity (Wildman–Crippen MR) is 76.8 cm³/mol. The monoisotopic (exact) mass is 262 g/mol. The highest BCUT2D eigenvalue weighted by Crippen LogP contribution is 2.09. The van der Waals surface area contributed by atoms with E-state index in [1.807, 2.05) is 24.3 Å². The number of aliphatic carboxylic acids is 1. The summed E-state index contributed by atoms with van der Waals surface area (Å²) in [6.45, 7) is 5.76. The summed E-state index contributed by atoms with van der Waals surface area (Å²) < 4.78 is 5.61. The molecule has 1 aromatic rings. The number of carbonyl (C=O) groups is 1. The molecule has 3 heteroatoms. The van der Waals surface area contributed by atoms with Gasteiger partial charge in [0.15, 0.2) is 0 Å². The van der Waals surface area contributed by atoms with Crippen molar-refractivity contribution in [2.24, 2.45) is 5.92 Å². The van der Waals surface area contributed by atoms with Gasteiger partial charge in [0, 0.05) is 12.7 Å². The smallest absolute Gasteiger partial charge is 0.328 e. The minimum Gasteiger partial charge on any atom is -0.478 e. The Labute approximate surface area is 114 Å². The zero-order valence-electron chi connectivity index (χ0n) is 11.6. The molecule has 0 radical (unpaired) electrons. The molecule has 0 bridgehead atoms. The van der Waals surface area contributed by atoms with Crippen molar-refractivity contribution in [3.8, 4) is 0 Å². The zero-order valence-corrected chi connectivity index (χ0v) is 11.6. The van der Waals surface area contributed by atoms with E-state index in [1.54, 1.807) is 6.08 Å². The molecule has 0 heterocycles. The van der Waals surface area contributed by atoms with E-state index in [1.165, 1.54) is 6.42 Å². The van der Waals surface area contributed by atoms with Crippen LogP contribution in [-0.4, -0.2) is 17.7 Å². The molecule has 1 rings (SSSR count). The molecule has 1 N–H and O–H groups in total. The van der Waals surface area contributed by atoms with Gasteiger partial charge in [-0.15, -0.1) is 0 Å². The highest BCUT2D eigenvalue weighted by atomic mass is 16.5. The standard InChI is InChI=1S/C16H22O3/c1-13(2)5-4-10-19-12-15-7-3-6-14(11-15)8-9-16(17)18/h3,6-9,11,13H,4-5,10,12H2,1-2H3,(H,17,18). The summed E-state index contributed by atoms with van der Waals surface area (Å²) in [5.74, 6) is -0.219. The molecule has 104 valence electrons. The number of ether oxygens (including phenoxy) is 1. The maximum atomic E-state index is 10.4. The van der Waals surface area contributed by atoms with Gasteiger partial charge in [-0.3, -0.25) is 0 Å². The van der Waals surface area contributed by atoms with Crippen molar-refractivity contribution in [3.63, 3.8) is 0 Å². The second-order valence-corrected chi connectivity index (χ2v) is 5.01. The fraction of sp³-hybridized carbons (Fsp3) is 0.438. The lowest BCUT2D eigenvalue weighted by molar-refractivity contribution is -0.131. The molecule has 1 aromatic carbocycles. The van der Waals surface area contributed by atoms with Gasteiger partial charge in [0.1, 0.15) is 0 Å². The highest BCUT2D eigenvalue weighted by Gasteiger charge is 1.97. The Balaban J connectivity index is 2.38. The van der Waals surface area contributed by atoms with Gasteiger partial charge in [-0.1, -0.05) is 32.0 Å². The molecule has 3 nitrogen and oxygen atoms in total. The fourth-order valence-electron chi connectivity index (χ4n) is 1.74. The van der Waals surface area contributed by atoms with E-state index in [0.717, 1.165) is 30.2 Å². The molecule has 19 heavy (non-hydrogen) atoms. The Morgan fingerprint density at radius 2 is 2.21 bits per heavy atom. The van der Waals surface area contributed by atoms with Crippen molar-refractivity contribution in [1.82, 2.24) is 0 Å². The topological polar surface area (TPSA) is 46.5 Å². The Morgan fingerprint density at radius 1 is 1.42 bits per heavy atom. The van der Waals surface area contributed by atoms with Crippen LogP contribution in [0.5, 0.6) is 0 Å². The second kappa shape index (κ2) is 8.48. The van der Waals surface area contributed by atoms with Gasteiger partial charge < -0.3 is 9.84 Å². The lowest BCUT2D eigenvalue weighted by Gasteiger charge is -2.06. The molecular weight excluding hydrogens is 240 g/mol. The lowest BCUT2D eigenvalue weighted by atomic mass is 10.1. The van der Waals surface area contributed by atoms with Crippen LogP contribution in [0.15, 0.2) is 30.3 Å². The lowest BCUT2D eigenvalue weighted by Crippen LogP contribution is -1.98. The van der Waals surface area contributed by atoms with Crippen molar-refractivity contribution in [1.29, 1.82) is 0 Å². The quantitative estimate of drug-likeness (QED) is 0.573. The van der Waals surface area contributed by atoms with Crippen molar-refractivity contribution >= 4 is 12.0 Å². The highest BCUT2D eigenvalue weighted by molar-refractivity contribution is 5.85. The van der Waals surface area contributed by atoms with E-state index < -0.39 is 5.97 Å². The largest absolute Gasteiger partial charge is 0.478 e. The van der Waals surface area contributed by atoms with E-state index in [2.05, 4.69) is 13.8 Å². The number of hydrogen-bond donors (Lipinski definition) is 1. The van der Waals surface area contributed by atoms with Crippen LogP contribution in [0, 0.1) is 5.92 Å². The normalized spacial score (nSPS) is 11.3. The average Bonchev–Trinajstić information content (AvgIpc) is 2.36. The van der Waals surface area contributed by atoms with E-state index in [4.69, 9.17) is 9.84 Å². The van der Waals surface area contributed by atoms with Gasteiger partial charge in [0.05, 0.1) is 6.61 Å². The van der Waals surface area contributed by atoms with E-state index in [9.17, 15) is 4.79 Å². The van der Waals surface area contributed by atoms with Crippen LogP contribution in [0.3, 0.4) is 0 Å². The summed E-state index contributed by atoms with van der Waals surface area (Å²) in [6.07, 6.45) is 4.99. The van der Waals surface area contributed by atoms with Crippen molar-refractivity contribution in [2.75, 3.05) is 6.61 Å². The van der Waals surface area contributed by atoms with Crippen LogP contribution in [0.4, 0.5) is 0 Å². The third-order valence-electron chi connectivity index (χ3n) is 2.71. The molecule has 0 atom stereocenters. The van der Waals surface area contributed by atoms with Crippen LogP contribution in [0.1, 0.15) is 37.8 Å². The van der Waals surface area contributed by atoms with Crippen molar-refractivity contribution in [3.05, 3.63) is 41.5 Å². The predicted octanol–water partition coefficient (Wildman–Crippen LogP) is 3.74. The summed E-state index contributed by atoms with van der Waals surface area (Å²) in [7, 11) is 0. The molecule has 0 aromatic heterocycles. The first kappa shape index (κ1) is 15.4. The minimum absolute atomic E-state index is 0.576. The molecule has 0 aliphatic carbocycles. The van der Waals surface area contributed by atoms with Gasteiger partial charge in [-0.2, -0.15) is 0 Å². The van der Waals surface area contributed by atoms with E-state index >= 15 is 0 Å². The van der Waals surface area contributed by atoms with Crippen LogP contribution in [0.25, 0.3) is 6.08 Å². The van der Waals surface area contributed by atoms with Gasteiger partial charge in [0.2, 0.25) is 0 Å². The van der Waals surface area contributed by atoms with Crippen molar-refractivity contribution in [2.45, 2.75) is 33.3 Å². The van der Waals surface area contributed by atoms with E-state index in [0.29, 0.717) is 12.5 Å². The molecule has 0 fully saturated rings. The first-order chi connectivity index (χ1) is 9.08. The Kier molecular flexibility index (Phi) is 6.90. The van der Waals surface area contributed by atoms with E-state index in [-0.39, 0.29) is 0 Å². The molecule has 0 unspecified atom stereocenters. The number of hydrogen-bond acceptors (Lipinski definition) is 2. The fourth-order valence-corrected chi connectivity index (χ4v) is 1.74. The van der Waals surface area contributed by atoms with Crippen molar-refractivity contribution < 1.29 is 14.6 Å². The molecule has 0 amide bonds. The molecule has 0 saturated heterocycles. The number of rotatable bonds is 8. The second-order valence-electron chi connectivity index (χ2n) is 5.01. The third-order valence-corrected chi connectivity index (χ3v) is 2.71. The summed E-state index contributed by atoms with van der Waals surface area (Å²) in [5.41, 5.74) is 1.95. The molecular formula is C16H22O3. The summed E-state index contributed by atoms with van der Waals surface area (Å²) in [6, 6.07) is 7.72. The molecule has 0 aliphatic heterocycles. The first-order valence-corrected chi connectivity index (χ1v) is 6.65. The molecule has 0 spiro atoms. The van der Waals surface area contributed by atoms with Crippen LogP contribution < -0.4 is 0 Å². The van der Waals surface area contributed by atoms with Gasteiger partial charge in [0.25, 0.3) is 0 Å². The summed E-state index contributed by atoms with van der Waals surface area (Å²) >= 11 is 0. The van der Waals surface area contributed by atoms with Gasteiger partial charge >= 0.3 is 5.97 Å². The third kappa shape index (κ3) is 7.42.